The van der Waals surface area contributed by atoms with E-state index in [9.17, 15) is 9.59 Å². The standard InChI is InChI=1S/C39H41BrClN5O3/c40-31-24-30-12-11-29-25-32(41)13-14-34(29)37(36(30)42-26-31)45-21-19-44(20-22-45)35(47)23-27-15-17-46(18-16-27)39(49-33-9-5-2-6-10-33)43-38(48)28-7-3-1-4-8-28/h1-10,13-14,24-27,36-37,42H,11-12,15-23H2. The van der Waals surface area contributed by atoms with Crippen LogP contribution in [0.3, 0.4) is 0 Å². The van der Waals surface area contributed by atoms with Crippen LogP contribution >= 0.6 is 27.5 Å². The monoisotopic (exact) mass is 741 g/mol. The molecule has 2 fully saturated rings. The molecule has 8 nitrogen and oxygen atoms in total. The number of piperazine rings is 1. The van der Waals surface area contributed by atoms with Gasteiger partial charge in [0.1, 0.15) is 5.75 Å². The fraction of sp³-hybridized carbons (Fsp3) is 0.359. The number of fused-ring (bicyclic) bond motifs is 2. The normalized spacial score (nSPS) is 21.8. The van der Waals surface area contributed by atoms with Crippen LogP contribution in [-0.2, 0) is 11.2 Å². The van der Waals surface area contributed by atoms with Crippen molar-refractivity contribution < 1.29 is 14.3 Å². The Morgan fingerprint density at radius 3 is 2.33 bits per heavy atom. The maximum absolute atomic E-state index is 13.6. The van der Waals surface area contributed by atoms with Gasteiger partial charge in [-0.05, 0) is 107 Å². The van der Waals surface area contributed by atoms with Crippen molar-refractivity contribution in [1.82, 2.24) is 20.0 Å². The van der Waals surface area contributed by atoms with Crippen LogP contribution in [-0.4, -0.2) is 77.8 Å². The quantitative estimate of drug-likeness (QED) is 0.225. The molecule has 3 aromatic carbocycles. The molecule has 49 heavy (non-hydrogen) atoms. The van der Waals surface area contributed by atoms with Crippen molar-refractivity contribution >= 4 is 45.4 Å². The zero-order chi connectivity index (χ0) is 33.7. The second-order valence-electron chi connectivity index (χ2n) is 13.2. The molecule has 1 aliphatic carbocycles. The second kappa shape index (κ2) is 15.3. The average Bonchev–Trinajstić information content (AvgIpc) is 3.28. The van der Waals surface area contributed by atoms with Crippen LogP contribution in [0.15, 0.2) is 106 Å². The van der Waals surface area contributed by atoms with Crippen LogP contribution in [0, 0.1) is 5.92 Å². The Balaban J connectivity index is 0.965. The van der Waals surface area contributed by atoms with Crippen molar-refractivity contribution in [3.05, 3.63) is 123 Å². The molecule has 3 aromatic rings. The van der Waals surface area contributed by atoms with Crippen molar-refractivity contribution in [1.29, 1.82) is 0 Å². The van der Waals surface area contributed by atoms with E-state index in [0.717, 1.165) is 48.3 Å². The predicted octanol–water partition coefficient (Wildman–Crippen LogP) is 6.98. The van der Waals surface area contributed by atoms with Crippen LogP contribution in [0.1, 0.15) is 53.2 Å². The number of amidine groups is 1. The molecule has 3 heterocycles. The van der Waals surface area contributed by atoms with Crippen molar-refractivity contribution in [2.45, 2.75) is 44.2 Å². The number of likely N-dealkylation sites (tertiary alicyclic amines) is 1. The van der Waals surface area contributed by atoms with Crippen molar-refractivity contribution in [3.8, 4) is 5.75 Å². The Morgan fingerprint density at radius 1 is 0.878 bits per heavy atom. The van der Waals surface area contributed by atoms with Crippen molar-refractivity contribution in [2.75, 3.05) is 39.3 Å². The third-order valence-electron chi connectivity index (χ3n) is 10.1. The Bertz CT molecular complexity index is 1750. The highest BCUT2D eigenvalue weighted by atomic mass is 79.9. The van der Waals surface area contributed by atoms with E-state index in [2.05, 4.69) is 55.5 Å². The van der Waals surface area contributed by atoms with Crippen molar-refractivity contribution in [3.63, 3.8) is 0 Å². The first-order valence-corrected chi connectivity index (χ1v) is 18.4. The van der Waals surface area contributed by atoms with E-state index in [-0.39, 0.29) is 29.8 Å². The Morgan fingerprint density at radius 2 is 1.59 bits per heavy atom. The molecule has 7 rings (SSSR count). The molecule has 2 amide bonds. The van der Waals surface area contributed by atoms with E-state index in [4.69, 9.17) is 16.3 Å². The number of benzene rings is 3. The number of halogens is 2. The number of para-hydroxylation sites is 1. The summed E-state index contributed by atoms with van der Waals surface area (Å²) in [5, 5.41) is 4.45. The average molecular weight is 743 g/mol. The Hall–Kier alpha value is -3.92. The van der Waals surface area contributed by atoms with Gasteiger partial charge in [-0.15, -0.1) is 0 Å². The zero-order valence-corrected chi connectivity index (χ0v) is 29.8. The van der Waals surface area contributed by atoms with E-state index in [1.807, 2.05) is 64.4 Å². The fourth-order valence-corrected chi connectivity index (χ4v) is 8.11. The largest absolute Gasteiger partial charge is 0.426 e. The maximum atomic E-state index is 13.6. The number of piperidine rings is 1. The molecule has 254 valence electrons. The van der Waals surface area contributed by atoms with Gasteiger partial charge in [0.05, 0.1) is 12.1 Å². The minimum atomic E-state index is -0.338. The number of hydrogen-bond donors (Lipinski definition) is 1. The lowest BCUT2D eigenvalue weighted by atomic mass is 9.90. The van der Waals surface area contributed by atoms with E-state index in [1.165, 1.54) is 16.7 Å². The lowest BCUT2D eigenvalue weighted by molar-refractivity contribution is -0.134. The third-order valence-corrected chi connectivity index (χ3v) is 10.8. The summed E-state index contributed by atoms with van der Waals surface area (Å²) in [6.07, 6.45) is 8.45. The maximum Gasteiger partial charge on any atom is 0.301 e. The number of nitrogens with zero attached hydrogens (tertiary/aromatic N) is 4. The summed E-state index contributed by atoms with van der Waals surface area (Å²) in [5.41, 5.74) is 4.54. The molecular weight excluding hydrogens is 702 g/mol. The number of aryl methyl sites for hydroxylation is 1. The van der Waals surface area contributed by atoms with Gasteiger partial charge in [-0.25, -0.2) is 0 Å². The number of allylic oxidation sites excluding steroid dienone is 2. The second-order valence-corrected chi connectivity index (χ2v) is 14.6. The molecule has 2 unspecified atom stereocenters. The molecule has 10 heteroatoms. The highest BCUT2D eigenvalue weighted by molar-refractivity contribution is 9.11. The van der Waals surface area contributed by atoms with Gasteiger partial charge in [-0.1, -0.05) is 54.1 Å². The molecule has 4 aliphatic rings. The van der Waals surface area contributed by atoms with Gasteiger partial charge in [0.25, 0.3) is 5.91 Å². The number of carbonyl (C=O) groups is 2. The van der Waals surface area contributed by atoms with Crippen LogP contribution in [0.2, 0.25) is 5.02 Å². The molecule has 2 atom stereocenters. The number of amides is 2. The smallest absolute Gasteiger partial charge is 0.301 e. The first-order chi connectivity index (χ1) is 23.9. The van der Waals surface area contributed by atoms with Gasteiger partial charge >= 0.3 is 6.02 Å². The first-order valence-electron chi connectivity index (χ1n) is 17.2. The summed E-state index contributed by atoms with van der Waals surface area (Å²) in [6, 6.07) is 25.4. The van der Waals surface area contributed by atoms with Gasteiger partial charge in [-0.3, -0.25) is 14.5 Å². The summed E-state index contributed by atoms with van der Waals surface area (Å²) in [6.45, 7) is 4.40. The van der Waals surface area contributed by atoms with E-state index < -0.39 is 0 Å². The molecule has 0 spiro atoms. The Kier molecular flexibility index (Phi) is 10.5. The number of carbonyl (C=O) groups excluding carboxylic acids is 2. The molecule has 1 N–H and O–H groups in total. The number of ether oxygens (including phenoxy) is 1. The first kappa shape index (κ1) is 33.6. The topological polar surface area (TPSA) is 77.5 Å². The lowest BCUT2D eigenvalue weighted by Crippen LogP contribution is -2.54. The van der Waals surface area contributed by atoms with Crippen LogP contribution < -0.4 is 10.1 Å². The minimum Gasteiger partial charge on any atom is -0.426 e. The van der Waals surface area contributed by atoms with Crippen LogP contribution in [0.4, 0.5) is 0 Å². The van der Waals surface area contributed by atoms with Crippen molar-refractivity contribution in [2.24, 2.45) is 10.9 Å². The zero-order valence-electron chi connectivity index (χ0n) is 27.4. The summed E-state index contributed by atoms with van der Waals surface area (Å²) >= 11 is 10.1. The number of dihydropyridines is 1. The fourth-order valence-electron chi connectivity index (χ4n) is 7.49. The van der Waals surface area contributed by atoms with Crippen LogP contribution in [0.5, 0.6) is 5.75 Å². The van der Waals surface area contributed by atoms with E-state index in [0.29, 0.717) is 49.9 Å². The van der Waals surface area contributed by atoms with Gasteiger partial charge in [0.15, 0.2) is 0 Å². The van der Waals surface area contributed by atoms with Gasteiger partial charge in [-0.2, -0.15) is 4.99 Å². The molecule has 0 bridgehead atoms. The lowest BCUT2D eigenvalue weighted by Gasteiger charge is -2.44. The SMILES string of the molecule is O=C(N=C(Oc1ccccc1)N1CCC(CC(=O)N2CCN(C3c4ccc(Cl)cc4CCC4=CC(Br)=CNC43)CC2)CC1)c1ccccc1. The highest BCUT2D eigenvalue weighted by Gasteiger charge is 2.38. The summed E-state index contributed by atoms with van der Waals surface area (Å²) in [5.74, 6) is 0.788. The number of rotatable bonds is 5. The summed E-state index contributed by atoms with van der Waals surface area (Å²) < 4.78 is 7.21. The van der Waals surface area contributed by atoms with E-state index >= 15 is 0 Å². The molecule has 3 aliphatic heterocycles. The van der Waals surface area contributed by atoms with E-state index in [1.54, 1.807) is 12.1 Å². The summed E-state index contributed by atoms with van der Waals surface area (Å²) in [4.78, 5) is 37.7. The molecule has 0 saturated carbocycles. The molecular formula is C39H41BrClN5O3. The number of hydrogen-bond acceptors (Lipinski definition) is 5. The minimum absolute atomic E-state index is 0.169. The highest BCUT2D eigenvalue weighted by Crippen LogP contribution is 2.40. The molecule has 0 aromatic heterocycles. The third kappa shape index (κ3) is 7.95. The number of aliphatic imine (C=N–C) groups is 1. The van der Waals surface area contributed by atoms with Gasteiger partial charge in [0, 0.05) is 67.0 Å². The predicted molar refractivity (Wildman–Crippen MR) is 197 cm³/mol. The van der Waals surface area contributed by atoms with Gasteiger partial charge < -0.3 is 19.9 Å². The molecule has 0 radical (unpaired) electrons. The number of nitrogens with one attached hydrogen (secondary N) is 1. The Labute approximate surface area is 301 Å². The summed E-state index contributed by atoms with van der Waals surface area (Å²) in [7, 11) is 0. The van der Waals surface area contributed by atoms with Gasteiger partial charge in [0.2, 0.25) is 5.91 Å². The molecule has 2 saturated heterocycles. The van der Waals surface area contributed by atoms with Crippen LogP contribution in [0.25, 0.3) is 0 Å².